The number of anilines is 1. The number of nitriles is 1. The SMILES string of the molecule is CN(C)CC(=O)Nc1cc(-c2ccc(C#N)c(F)c2)n2ncnc2c1. The largest absolute Gasteiger partial charge is 0.325 e. The first-order valence-electron chi connectivity index (χ1n) is 7.46. The molecule has 0 aliphatic rings. The van der Waals surface area contributed by atoms with E-state index in [4.69, 9.17) is 5.26 Å². The molecule has 2 heterocycles. The first-order chi connectivity index (χ1) is 12.0. The molecule has 25 heavy (non-hydrogen) atoms. The van der Waals surface area contributed by atoms with Crippen LogP contribution in [0.4, 0.5) is 10.1 Å². The molecule has 0 bridgehead atoms. The molecule has 0 spiro atoms. The van der Waals surface area contributed by atoms with Crippen molar-refractivity contribution in [2.75, 3.05) is 26.0 Å². The van der Waals surface area contributed by atoms with Gasteiger partial charge in [0.05, 0.1) is 17.8 Å². The van der Waals surface area contributed by atoms with Gasteiger partial charge in [0, 0.05) is 17.3 Å². The van der Waals surface area contributed by atoms with E-state index in [1.54, 1.807) is 47.8 Å². The number of hydrogen-bond acceptors (Lipinski definition) is 5. The first-order valence-corrected chi connectivity index (χ1v) is 7.46. The highest BCUT2D eigenvalue weighted by molar-refractivity contribution is 5.93. The lowest BCUT2D eigenvalue weighted by molar-refractivity contribution is -0.116. The number of nitrogens with one attached hydrogen (secondary N) is 1. The third-order valence-electron chi connectivity index (χ3n) is 3.51. The van der Waals surface area contributed by atoms with Crippen LogP contribution in [-0.2, 0) is 4.79 Å². The zero-order chi connectivity index (χ0) is 18.0. The normalized spacial score (nSPS) is 10.8. The third-order valence-corrected chi connectivity index (χ3v) is 3.51. The molecular formula is C17H15FN6O. The van der Waals surface area contributed by atoms with Crippen LogP contribution in [0.3, 0.4) is 0 Å². The Kier molecular flexibility index (Phi) is 4.41. The zero-order valence-corrected chi connectivity index (χ0v) is 13.7. The molecule has 0 fully saturated rings. The molecular weight excluding hydrogens is 323 g/mol. The van der Waals surface area contributed by atoms with Crippen LogP contribution >= 0.6 is 0 Å². The molecule has 126 valence electrons. The van der Waals surface area contributed by atoms with Crippen LogP contribution in [-0.4, -0.2) is 46.0 Å². The average molecular weight is 338 g/mol. The molecule has 0 radical (unpaired) electrons. The minimum Gasteiger partial charge on any atom is -0.325 e. The number of benzene rings is 1. The lowest BCUT2D eigenvalue weighted by Gasteiger charge is -2.12. The van der Waals surface area contributed by atoms with E-state index in [2.05, 4.69) is 15.4 Å². The quantitative estimate of drug-likeness (QED) is 0.785. The van der Waals surface area contributed by atoms with Gasteiger partial charge in [-0.25, -0.2) is 13.9 Å². The Morgan fingerprint density at radius 3 is 2.84 bits per heavy atom. The fourth-order valence-corrected chi connectivity index (χ4v) is 2.45. The van der Waals surface area contributed by atoms with Crippen molar-refractivity contribution in [3.05, 3.63) is 48.0 Å². The molecule has 1 amide bonds. The number of rotatable bonds is 4. The maximum atomic E-state index is 14.0. The summed E-state index contributed by atoms with van der Waals surface area (Å²) in [6.45, 7) is 0.235. The number of amides is 1. The molecule has 0 aliphatic heterocycles. The van der Waals surface area contributed by atoms with Crippen LogP contribution < -0.4 is 5.32 Å². The Hall–Kier alpha value is -3.31. The molecule has 8 heteroatoms. The minimum atomic E-state index is -0.615. The number of pyridine rings is 1. The highest BCUT2D eigenvalue weighted by Gasteiger charge is 2.12. The Balaban J connectivity index is 2.05. The summed E-state index contributed by atoms with van der Waals surface area (Å²) in [5.74, 6) is -0.791. The van der Waals surface area contributed by atoms with Crippen molar-refractivity contribution < 1.29 is 9.18 Å². The van der Waals surface area contributed by atoms with Gasteiger partial charge >= 0.3 is 0 Å². The summed E-state index contributed by atoms with van der Waals surface area (Å²) in [6.07, 6.45) is 1.38. The lowest BCUT2D eigenvalue weighted by atomic mass is 10.1. The van der Waals surface area contributed by atoms with Crippen LogP contribution in [0.2, 0.25) is 0 Å². The van der Waals surface area contributed by atoms with Crippen molar-refractivity contribution in [1.82, 2.24) is 19.5 Å². The number of halogens is 1. The fourth-order valence-electron chi connectivity index (χ4n) is 2.45. The Bertz CT molecular complexity index is 988. The van der Waals surface area contributed by atoms with Gasteiger partial charge in [-0.15, -0.1) is 0 Å². The predicted molar refractivity (Wildman–Crippen MR) is 90.3 cm³/mol. The van der Waals surface area contributed by atoms with Crippen LogP contribution in [0.5, 0.6) is 0 Å². The summed E-state index contributed by atoms with van der Waals surface area (Å²) >= 11 is 0. The lowest BCUT2D eigenvalue weighted by Crippen LogP contribution is -2.27. The monoisotopic (exact) mass is 338 g/mol. The van der Waals surface area contributed by atoms with Crippen molar-refractivity contribution in [3.63, 3.8) is 0 Å². The fraction of sp³-hybridized carbons (Fsp3) is 0.176. The van der Waals surface area contributed by atoms with Gasteiger partial charge in [-0.2, -0.15) is 10.4 Å². The van der Waals surface area contributed by atoms with Crippen LogP contribution in [0, 0.1) is 17.1 Å². The number of aromatic nitrogens is 3. The Morgan fingerprint density at radius 1 is 1.36 bits per heavy atom. The predicted octanol–water partition coefficient (Wildman–Crippen LogP) is 1.91. The second-order valence-corrected chi connectivity index (χ2v) is 5.75. The molecule has 1 aromatic carbocycles. The molecule has 3 aromatic rings. The van der Waals surface area contributed by atoms with Crippen molar-refractivity contribution >= 4 is 17.2 Å². The van der Waals surface area contributed by atoms with Gasteiger partial charge in [0.2, 0.25) is 5.91 Å². The molecule has 0 saturated carbocycles. The van der Waals surface area contributed by atoms with E-state index in [1.165, 1.54) is 18.5 Å². The van der Waals surface area contributed by atoms with E-state index < -0.39 is 5.82 Å². The van der Waals surface area contributed by atoms with Gasteiger partial charge in [0.25, 0.3) is 0 Å². The van der Waals surface area contributed by atoms with E-state index in [9.17, 15) is 9.18 Å². The summed E-state index contributed by atoms with van der Waals surface area (Å²) in [5, 5.41) is 15.8. The Morgan fingerprint density at radius 2 is 2.16 bits per heavy atom. The highest BCUT2D eigenvalue weighted by Crippen LogP contribution is 2.25. The number of likely N-dealkylation sites (N-methyl/N-ethyl adjacent to an activating group) is 1. The minimum absolute atomic E-state index is 0.0333. The summed E-state index contributed by atoms with van der Waals surface area (Å²) in [7, 11) is 3.60. The van der Waals surface area contributed by atoms with Crippen molar-refractivity contribution in [1.29, 1.82) is 5.26 Å². The van der Waals surface area contributed by atoms with Crippen molar-refractivity contribution in [2.45, 2.75) is 0 Å². The van der Waals surface area contributed by atoms with E-state index in [0.29, 0.717) is 22.6 Å². The van der Waals surface area contributed by atoms with E-state index in [-0.39, 0.29) is 18.0 Å². The van der Waals surface area contributed by atoms with Crippen molar-refractivity contribution in [2.24, 2.45) is 0 Å². The Labute approximate surface area is 143 Å². The standard InChI is InChI=1S/C17H15FN6O/c1-23(2)9-17(25)22-13-6-15(24-16(7-13)20-10-21-24)11-3-4-12(8-19)14(18)5-11/h3-7,10H,9H2,1-2H3,(H,22,25). The first kappa shape index (κ1) is 16.5. The van der Waals surface area contributed by atoms with E-state index >= 15 is 0 Å². The highest BCUT2D eigenvalue weighted by atomic mass is 19.1. The summed E-state index contributed by atoms with van der Waals surface area (Å²) in [4.78, 5) is 17.9. The van der Waals surface area contributed by atoms with Crippen molar-refractivity contribution in [3.8, 4) is 17.3 Å². The van der Waals surface area contributed by atoms with Gasteiger partial charge in [-0.3, -0.25) is 4.79 Å². The van der Waals surface area contributed by atoms with Gasteiger partial charge < -0.3 is 10.2 Å². The van der Waals surface area contributed by atoms with Crippen LogP contribution in [0.15, 0.2) is 36.7 Å². The molecule has 0 aliphatic carbocycles. The molecule has 2 aromatic heterocycles. The molecule has 3 rings (SSSR count). The zero-order valence-electron chi connectivity index (χ0n) is 13.7. The van der Waals surface area contributed by atoms with E-state index in [1.807, 2.05) is 0 Å². The number of carbonyl (C=O) groups is 1. The van der Waals surface area contributed by atoms with Gasteiger partial charge in [0.1, 0.15) is 18.2 Å². The van der Waals surface area contributed by atoms with Crippen LogP contribution in [0.25, 0.3) is 16.9 Å². The maximum Gasteiger partial charge on any atom is 0.238 e. The summed E-state index contributed by atoms with van der Waals surface area (Å²) in [6, 6.07) is 9.47. The van der Waals surface area contributed by atoms with Crippen LogP contribution in [0.1, 0.15) is 5.56 Å². The molecule has 1 N–H and O–H groups in total. The summed E-state index contributed by atoms with van der Waals surface area (Å²) < 4.78 is 15.5. The molecule has 7 nitrogen and oxygen atoms in total. The maximum absolute atomic E-state index is 14.0. The molecule has 0 saturated heterocycles. The van der Waals surface area contributed by atoms with Gasteiger partial charge in [-0.1, -0.05) is 6.07 Å². The van der Waals surface area contributed by atoms with E-state index in [0.717, 1.165) is 0 Å². The molecule has 0 unspecified atom stereocenters. The molecule has 0 atom stereocenters. The summed E-state index contributed by atoms with van der Waals surface area (Å²) in [5.41, 5.74) is 2.10. The van der Waals surface area contributed by atoms with Gasteiger partial charge in [-0.05, 0) is 32.3 Å². The number of fused-ring (bicyclic) bond motifs is 1. The number of carbonyl (C=O) groups excluding carboxylic acids is 1. The topological polar surface area (TPSA) is 86.3 Å². The van der Waals surface area contributed by atoms with Gasteiger partial charge in [0.15, 0.2) is 5.65 Å². The third kappa shape index (κ3) is 3.46. The average Bonchev–Trinajstić information content (AvgIpc) is 3.01. The second kappa shape index (κ2) is 6.67. The number of hydrogen-bond donors (Lipinski definition) is 1. The number of nitrogens with zero attached hydrogens (tertiary/aromatic N) is 5. The second-order valence-electron chi connectivity index (χ2n) is 5.75. The smallest absolute Gasteiger partial charge is 0.238 e.